The summed E-state index contributed by atoms with van der Waals surface area (Å²) in [5.74, 6) is -0.198. The van der Waals surface area contributed by atoms with Gasteiger partial charge in [-0.3, -0.25) is 4.79 Å². The average Bonchev–Trinajstić information content (AvgIpc) is 2.88. The molecule has 112 valence electrons. The third kappa shape index (κ3) is 3.56. The zero-order valence-electron chi connectivity index (χ0n) is 12.7. The molecule has 1 aromatic carbocycles. The van der Waals surface area contributed by atoms with E-state index < -0.39 is 0 Å². The molecule has 2 rings (SSSR count). The number of hydrogen-bond acceptors (Lipinski definition) is 3. The molecule has 0 bridgehead atoms. The summed E-state index contributed by atoms with van der Waals surface area (Å²) in [7, 11) is 0. The largest absolute Gasteiger partial charge is 0.397 e. The molecule has 0 fully saturated rings. The van der Waals surface area contributed by atoms with Crippen molar-refractivity contribution in [1.82, 2.24) is 4.98 Å². The zero-order chi connectivity index (χ0) is 15.4. The lowest BCUT2D eigenvalue weighted by molar-refractivity contribution is 0.102. The molecule has 1 aromatic heterocycles. The Morgan fingerprint density at radius 3 is 2.48 bits per heavy atom. The number of nitrogens with two attached hydrogens (primary N) is 1. The molecule has 5 nitrogen and oxygen atoms in total. The van der Waals surface area contributed by atoms with Gasteiger partial charge in [0.2, 0.25) is 0 Å². The second kappa shape index (κ2) is 6.35. The van der Waals surface area contributed by atoms with E-state index in [9.17, 15) is 4.79 Å². The van der Waals surface area contributed by atoms with Crippen molar-refractivity contribution in [1.29, 1.82) is 0 Å². The number of nitrogens with zero attached hydrogens (tertiary/aromatic N) is 1. The summed E-state index contributed by atoms with van der Waals surface area (Å²) in [6.07, 6.45) is 1.60. The minimum atomic E-state index is -0.198. The second-order valence-electron chi connectivity index (χ2n) is 5.23. The van der Waals surface area contributed by atoms with Gasteiger partial charge in [-0.25, -0.2) is 0 Å². The summed E-state index contributed by atoms with van der Waals surface area (Å²) in [6, 6.07) is 9.90. The van der Waals surface area contributed by atoms with Crippen LogP contribution in [0.25, 0.3) is 0 Å². The number of nitrogens with one attached hydrogen (secondary N) is 2. The van der Waals surface area contributed by atoms with Gasteiger partial charge in [-0.2, -0.15) is 0 Å². The van der Waals surface area contributed by atoms with E-state index in [4.69, 9.17) is 5.73 Å². The molecule has 5 heteroatoms. The summed E-state index contributed by atoms with van der Waals surface area (Å²) >= 11 is 0. The van der Waals surface area contributed by atoms with E-state index in [0.29, 0.717) is 17.4 Å². The first-order chi connectivity index (χ1) is 10.0. The van der Waals surface area contributed by atoms with Crippen LogP contribution in [0.15, 0.2) is 36.5 Å². The summed E-state index contributed by atoms with van der Waals surface area (Å²) < 4.78 is 0. The zero-order valence-corrected chi connectivity index (χ0v) is 12.7. The van der Waals surface area contributed by atoms with Gasteiger partial charge in [0.05, 0.1) is 0 Å². The number of aromatic nitrogens is 1. The fraction of sp³-hybridized carbons (Fsp3) is 0.312. The van der Waals surface area contributed by atoms with E-state index in [0.717, 1.165) is 17.9 Å². The molecule has 0 atom stereocenters. The Balaban J connectivity index is 2.07. The minimum Gasteiger partial charge on any atom is -0.397 e. The van der Waals surface area contributed by atoms with Crippen LogP contribution in [0.4, 0.5) is 17.1 Å². The monoisotopic (exact) mass is 286 g/mol. The number of H-pyrrole nitrogens is 1. The lowest BCUT2D eigenvalue weighted by Gasteiger charge is -2.27. The van der Waals surface area contributed by atoms with Crippen molar-refractivity contribution in [3.63, 3.8) is 0 Å². The van der Waals surface area contributed by atoms with Gasteiger partial charge in [-0.15, -0.1) is 0 Å². The molecule has 0 saturated carbocycles. The van der Waals surface area contributed by atoms with E-state index in [1.165, 1.54) is 0 Å². The summed E-state index contributed by atoms with van der Waals surface area (Å²) in [5, 5.41) is 2.84. The maximum atomic E-state index is 12.0. The highest BCUT2D eigenvalue weighted by molar-refractivity contribution is 6.03. The number of anilines is 3. The fourth-order valence-electron chi connectivity index (χ4n) is 2.32. The van der Waals surface area contributed by atoms with Gasteiger partial charge in [-0.05, 0) is 51.1 Å². The third-order valence-electron chi connectivity index (χ3n) is 3.37. The first kappa shape index (κ1) is 15.0. The molecule has 0 spiro atoms. The van der Waals surface area contributed by atoms with Gasteiger partial charge < -0.3 is 20.9 Å². The van der Waals surface area contributed by atoms with Crippen molar-refractivity contribution in [2.24, 2.45) is 0 Å². The van der Waals surface area contributed by atoms with E-state index in [1.54, 1.807) is 12.3 Å². The second-order valence-corrected chi connectivity index (χ2v) is 5.23. The van der Waals surface area contributed by atoms with Crippen LogP contribution in [0.5, 0.6) is 0 Å². The summed E-state index contributed by atoms with van der Waals surface area (Å²) in [6.45, 7) is 7.40. The number of hydrogen-bond donors (Lipinski definition) is 3. The Bertz CT molecular complexity index is 601. The first-order valence-corrected chi connectivity index (χ1v) is 7.13. The summed E-state index contributed by atoms with van der Waals surface area (Å²) in [4.78, 5) is 17.1. The van der Waals surface area contributed by atoms with Crippen LogP contribution in [-0.2, 0) is 0 Å². The van der Waals surface area contributed by atoms with Crippen LogP contribution < -0.4 is 16.0 Å². The Labute approximate surface area is 125 Å². The maximum absolute atomic E-state index is 12.0. The molecular formula is C16H22N4O. The molecule has 1 heterocycles. The Hall–Kier alpha value is -2.43. The van der Waals surface area contributed by atoms with Crippen molar-refractivity contribution >= 4 is 23.0 Å². The molecule has 0 aliphatic rings. The highest BCUT2D eigenvalue weighted by atomic mass is 16.1. The van der Waals surface area contributed by atoms with Gasteiger partial charge in [-0.1, -0.05) is 0 Å². The molecule has 0 aliphatic carbocycles. The summed E-state index contributed by atoms with van der Waals surface area (Å²) in [5.41, 5.74) is 8.50. The van der Waals surface area contributed by atoms with Crippen LogP contribution >= 0.6 is 0 Å². The Morgan fingerprint density at radius 1 is 1.33 bits per heavy atom. The van der Waals surface area contributed by atoms with Gasteiger partial charge >= 0.3 is 0 Å². The van der Waals surface area contributed by atoms with E-state index in [2.05, 4.69) is 36.0 Å². The van der Waals surface area contributed by atoms with Crippen molar-refractivity contribution in [3.05, 3.63) is 42.2 Å². The molecule has 0 radical (unpaired) electrons. The van der Waals surface area contributed by atoms with Gasteiger partial charge in [0.25, 0.3) is 5.91 Å². The van der Waals surface area contributed by atoms with Gasteiger partial charge in [0.1, 0.15) is 5.69 Å². The highest BCUT2D eigenvalue weighted by Crippen LogP contribution is 2.20. The third-order valence-corrected chi connectivity index (χ3v) is 3.37. The van der Waals surface area contributed by atoms with Crippen LogP contribution in [-0.4, -0.2) is 23.5 Å². The standard InChI is InChI=1S/C16H22N4O/c1-4-20(11(2)3)14-7-5-13(6-8-14)19-16(21)15-9-12(17)10-18-15/h5-11,18H,4,17H2,1-3H3,(H,19,21). The van der Waals surface area contributed by atoms with Crippen molar-refractivity contribution in [2.75, 3.05) is 22.5 Å². The van der Waals surface area contributed by atoms with Crippen molar-refractivity contribution < 1.29 is 4.79 Å². The predicted octanol–water partition coefficient (Wildman–Crippen LogP) is 3.08. The quantitative estimate of drug-likeness (QED) is 0.790. The number of benzene rings is 1. The molecule has 2 aromatic rings. The number of amides is 1. The van der Waals surface area contributed by atoms with Crippen LogP contribution in [0, 0.1) is 0 Å². The molecular weight excluding hydrogens is 264 g/mol. The first-order valence-electron chi connectivity index (χ1n) is 7.13. The van der Waals surface area contributed by atoms with Gasteiger partial charge in [0, 0.05) is 35.8 Å². The molecule has 0 saturated heterocycles. The normalized spacial score (nSPS) is 10.7. The number of aromatic amines is 1. The number of carbonyl (C=O) groups excluding carboxylic acids is 1. The molecule has 1 amide bonds. The van der Waals surface area contributed by atoms with Crippen LogP contribution in [0.1, 0.15) is 31.3 Å². The SMILES string of the molecule is CCN(c1ccc(NC(=O)c2cc(N)c[nH]2)cc1)C(C)C. The Morgan fingerprint density at radius 2 is 2.00 bits per heavy atom. The smallest absolute Gasteiger partial charge is 0.272 e. The minimum absolute atomic E-state index is 0.198. The molecule has 0 unspecified atom stereocenters. The molecule has 0 aliphatic heterocycles. The van der Waals surface area contributed by atoms with E-state index in [-0.39, 0.29) is 5.91 Å². The Kier molecular flexibility index (Phi) is 4.52. The van der Waals surface area contributed by atoms with Crippen LogP contribution in [0.3, 0.4) is 0 Å². The van der Waals surface area contributed by atoms with Gasteiger partial charge in [0.15, 0.2) is 0 Å². The van der Waals surface area contributed by atoms with Crippen molar-refractivity contribution in [3.8, 4) is 0 Å². The lowest BCUT2D eigenvalue weighted by atomic mass is 10.2. The van der Waals surface area contributed by atoms with E-state index in [1.807, 2.05) is 24.3 Å². The topological polar surface area (TPSA) is 74.2 Å². The maximum Gasteiger partial charge on any atom is 0.272 e. The molecule has 4 N–H and O–H groups in total. The molecule has 21 heavy (non-hydrogen) atoms. The number of rotatable bonds is 5. The highest BCUT2D eigenvalue weighted by Gasteiger charge is 2.10. The number of carbonyl (C=O) groups is 1. The number of nitrogen functional groups attached to an aromatic ring is 1. The van der Waals surface area contributed by atoms with Crippen molar-refractivity contribution in [2.45, 2.75) is 26.8 Å². The predicted molar refractivity (Wildman–Crippen MR) is 87.8 cm³/mol. The van der Waals surface area contributed by atoms with Crippen LogP contribution in [0.2, 0.25) is 0 Å². The average molecular weight is 286 g/mol. The fourth-order valence-corrected chi connectivity index (χ4v) is 2.32. The lowest BCUT2D eigenvalue weighted by Crippen LogP contribution is -2.30. The van der Waals surface area contributed by atoms with E-state index >= 15 is 0 Å².